The van der Waals surface area contributed by atoms with Gasteiger partial charge in [0.2, 0.25) is 0 Å². The lowest BCUT2D eigenvalue weighted by Gasteiger charge is -2.14. The fourth-order valence-electron chi connectivity index (χ4n) is 2.19. The van der Waals surface area contributed by atoms with Gasteiger partial charge in [0.05, 0.1) is 23.5 Å². The summed E-state index contributed by atoms with van der Waals surface area (Å²) in [4.78, 5) is 0.699. The van der Waals surface area contributed by atoms with Crippen molar-refractivity contribution >= 4 is 28.3 Å². The Morgan fingerprint density at radius 3 is 2.35 bits per heavy atom. The summed E-state index contributed by atoms with van der Waals surface area (Å²) in [5.74, 6) is -9.24. The van der Waals surface area contributed by atoms with Crippen LogP contribution in [0.3, 0.4) is 0 Å². The Labute approximate surface area is 114 Å². The van der Waals surface area contributed by atoms with Crippen LogP contribution >= 0.6 is 11.6 Å². The second kappa shape index (κ2) is 3.97. The Hall–Kier alpha value is -1.57. The molecule has 1 fully saturated rings. The lowest BCUT2D eigenvalue weighted by molar-refractivity contribution is -0.172. The Balaban J connectivity index is 2.11. The molecule has 108 valence electrons. The van der Waals surface area contributed by atoms with Crippen molar-refractivity contribution in [3.8, 4) is 0 Å². The molecule has 20 heavy (non-hydrogen) atoms. The van der Waals surface area contributed by atoms with Gasteiger partial charge in [-0.05, 0) is 12.1 Å². The Kier molecular flexibility index (Phi) is 2.66. The number of hydrogen-bond donors (Lipinski definition) is 1. The van der Waals surface area contributed by atoms with Crippen molar-refractivity contribution in [2.45, 2.75) is 11.8 Å². The van der Waals surface area contributed by atoms with Crippen LogP contribution in [0, 0.1) is 5.82 Å². The van der Waals surface area contributed by atoms with E-state index in [2.05, 4.69) is 10.2 Å². The van der Waals surface area contributed by atoms with Crippen molar-refractivity contribution in [3.05, 3.63) is 23.0 Å². The predicted molar refractivity (Wildman–Crippen MR) is 63.2 cm³/mol. The molecule has 1 aromatic heterocycles. The van der Waals surface area contributed by atoms with Gasteiger partial charge in [0.25, 0.3) is 0 Å². The highest BCUT2D eigenvalue weighted by Gasteiger charge is 2.63. The van der Waals surface area contributed by atoms with Gasteiger partial charge in [-0.15, -0.1) is 0 Å². The zero-order valence-electron chi connectivity index (χ0n) is 9.73. The third kappa shape index (κ3) is 1.74. The lowest BCUT2D eigenvalue weighted by atomic mass is 10.2. The first-order valence-electron chi connectivity index (χ1n) is 5.55. The fourth-order valence-corrected chi connectivity index (χ4v) is 2.43. The number of nitrogens with one attached hydrogen (secondary N) is 1. The molecule has 1 aliphatic heterocycles. The van der Waals surface area contributed by atoms with Gasteiger partial charge >= 0.3 is 11.8 Å². The highest BCUT2D eigenvalue weighted by atomic mass is 35.5. The monoisotopic (exact) mass is 311 g/mol. The van der Waals surface area contributed by atoms with Crippen LogP contribution < -0.4 is 4.90 Å². The molecule has 2 heterocycles. The quantitative estimate of drug-likeness (QED) is 0.818. The molecule has 9 heteroatoms. The van der Waals surface area contributed by atoms with E-state index < -0.39 is 30.8 Å². The molecule has 0 amide bonds. The molecule has 3 nitrogen and oxygen atoms in total. The number of halogens is 6. The first-order valence-corrected chi connectivity index (χ1v) is 5.93. The van der Waals surface area contributed by atoms with E-state index in [1.54, 1.807) is 0 Å². The van der Waals surface area contributed by atoms with E-state index in [1.807, 2.05) is 0 Å². The van der Waals surface area contributed by atoms with Crippen molar-refractivity contribution in [1.29, 1.82) is 0 Å². The topological polar surface area (TPSA) is 31.9 Å². The number of anilines is 1. The van der Waals surface area contributed by atoms with Gasteiger partial charge < -0.3 is 4.90 Å². The van der Waals surface area contributed by atoms with E-state index in [-0.39, 0.29) is 21.7 Å². The number of benzene rings is 1. The van der Waals surface area contributed by atoms with Crippen LogP contribution in [0.2, 0.25) is 5.02 Å². The summed E-state index contributed by atoms with van der Waals surface area (Å²) in [5.41, 5.74) is -0.106. The second-order valence-electron chi connectivity index (χ2n) is 4.59. The van der Waals surface area contributed by atoms with Crippen LogP contribution in [-0.4, -0.2) is 35.1 Å². The molecule has 0 unspecified atom stereocenters. The Morgan fingerprint density at radius 1 is 1.15 bits per heavy atom. The van der Waals surface area contributed by atoms with Gasteiger partial charge in [0.1, 0.15) is 11.3 Å². The van der Waals surface area contributed by atoms with Gasteiger partial charge in [-0.3, -0.25) is 5.10 Å². The molecule has 1 saturated heterocycles. The molecular formula is C11H7ClF5N3. The maximum Gasteiger partial charge on any atom is 0.329 e. The number of aromatic amines is 1. The first-order chi connectivity index (χ1) is 9.23. The average Bonchev–Trinajstić information content (AvgIpc) is 2.85. The first kappa shape index (κ1) is 13.4. The van der Waals surface area contributed by atoms with Crippen LogP contribution in [-0.2, 0) is 0 Å². The minimum atomic E-state index is -4.17. The van der Waals surface area contributed by atoms with Crippen LogP contribution in [0.25, 0.3) is 10.9 Å². The zero-order chi connectivity index (χ0) is 14.7. The maximum atomic E-state index is 13.5. The molecule has 3 rings (SSSR count). The molecule has 2 aromatic rings. The van der Waals surface area contributed by atoms with E-state index >= 15 is 0 Å². The smallest absolute Gasteiger partial charge is 0.329 e. The molecule has 1 aromatic carbocycles. The second-order valence-corrected chi connectivity index (χ2v) is 5.00. The number of hydrogen-bond acceptors (Lipinski definition) is 2. The summed E-state index contributed by atoms with van der Waals surface area (Å²) < 4.78 is 66.4. The molecular weight excluding hydrogens is 305 g/mol. The minimum absolute atomic E-state index is 0.0140. The van der Waals surface area contributed by atoms with Gasteiger partial charge in [0.15, 0.2) is 5.82 Å². The van der Waals surface area contributed by atoms with Gasteiger partial charge in [0, 0.05) is 0 Å². The average molecular weight is 312 g/mol. The van der Waals surface area contributed by atoms with Crippen molar-refractivity contribution in [3.63, 3.8) is 0 Å². The lowest BCUT2D eigenvalue weighted by Crippen LogP contribution is -2.38. The van der Waals surface area contributed by atoms with E-state index in [1.165, 1.54) is 6.07 Å². The number of aromatic nitrogens is 2. The van der Waals surface area contributed by atoms with E-state index in [0.717, 1.165) is 6.07 Å². The molecule has 0 spiro atoms. The summed E-state index contributed by atoms with van der Waals surface area (Å²) in [7, 11) is 0. The Morgan fingerprint density at radius 2 is 1.75 bits per heavy atom. The number of H-pyrrole nitrogens is 1. The van der Waals surface area contributed by atoms with Gasteiger partial charge in [-0.2, -0.15) is 22.7 Å². The van der Waals surface area contributed by atoms with Crippen molar-refractivity contribution < 1.29 is 22.0 Å². The van der Waals surface area contributed by atoms with Crippen molar-refractivity contribution in [2.24, 2.45) is 0 Å². The van der Waals surface area contributed by atoms with Crippen molar-refractivity contribution in [2.75, 3.05) is 18.0 Å². The van der Waals surface area contributed by atoms with E-state index in [9.17, 15) is 22.0 Å². The highest BCUT2D eigenvalue weighted by molar-refractivity contribution is 6.36. The fraction of sp³-hybridized carbons (Fsp3) is 0.364. The normalized spacial score (nSPS) is 20.8. The largest absolute Gasteiger partial charge is 0.342 e. The number of fused-ring (bicyclic) bond motifs is 1. The summed E-state index contributed by atoms with van der Waals surface area (Å²) in [6, 6.07) is 2.28. The summed E-state index contributed by atoms with van der Waals surface area (Å²) >= 11 is 5.87. The Bertz CT molecular complexity index is 668. The number of rotatable bonds is 1. The third-order valence-corrected chi connectivity index (χ3v) is 3.53. The van der Waals surface area contributed by atoms with Gasteiger partial charge in [-0.1, -0.05) is 11.6 Å². The van der Waals surface area contributed by atoms with Gasteiger partial charge in [-0.25, -0.2) is 4.39 Å². The molecule has 1 aliphatic rings. The minimum Gasteiger partial charge on any atom is -0.342 e. The number of alkyl halides is 4. The van der Waals surface area contributed by atoms with Crippen molar-refractivity contribution in [1.82, 2.24) is 10.2 Å². The third-order valence-electron chi connectivity index (χ3n) is 3.21. The van der Waals surface area contributed by atoms with E-state index in [4.69, 9.17) is 11.6 Å². The summed E-state index contributed by atoms with van der Waals surface area (Å²) in [6.45, 7) is -2.40. The SMILES string of the molecule is Fc1ccc(Cl)c2c(N3CC(F)(F)C(F)(F)C3)n[nH]c12. The summed E-state index contributed by atoms with van der Waals surface area (Å²) in [6.07, 6.45) is 0. The zero-order valence-corrected chi connectivity index (χ0v) is 10.5. The molecule has 1 N–H and O–H groups in total. The van der Waals surface area contributed by atoms with Crippen LogP contribution in [0.4, 0.5) is 27.8 Å². The van der Waals surface area contributed by atoms with Crippen LogP contribution in [0.5, 0.6) is 0 Å². The maximum absolute atomic E-state index is 13.5. The van der Waals surface area contributed by atoms with Crippen LogP contribution in [0.15, 0.2) is 12.1 Å². The summed E-state index contributed by atoms with van der Waals surface area (Å²) in [5, 5.41) is 5.99. The molecule has 0 aliphatic carbocycles. The molecule has 0 bridgehead atoms. The number of nitrogens with zero attached hydrogens (tertiary/aromatic N) is 2. The highest BCUT2D eigenvalue weighted by Crippen LogP contribution is 2.44. The predicted octanol–water partition coefficient (Wildman–Crippen LogP) is 3.45. The van der Waals surface area contributed by atoms with Crippen LogP contribution in [0.1, 0.15) is 0 Å². The standard InChI is InChI=1S/C11H7ClF5N3/c12-5-1-2-6(13)8-7(5)9(19-18-8)20-3-10(14,15)11(16,17)4-20/h1-2H,3-4H2,(H,18,19). The molecule has 0 radical (unpaired) electrons. The molecule has 0 atom stereocenters. The van der Waals surface area contributed by atoms with E-state index in [0.29, 0.717) is 4.90 Å². The molecule has 0 saturated carbocycles.